The zero-order valence-corrected chi connectivity index (χ0v) is 19.9. The number of hydrogen-bond donors (Lipinski definition) is 0. The Morgan fingerprint density at radius 3 is 2.53 bits per heavy atom. The highest BCUT2D eigenvalue weighted by Gasteiger charge is 2.38. The number of benzene rings is 3. The van der Waals surface area contributed by atoms with Crippen LogP contribution in [-0.4, -0.2) is 36.1 Å². The van der Waals surface area contributed by atoms with Gasteiger partial charge < -0.3 is 14.4 Å². The van der Waals surface area contributed by atoms with Crippen LogP contribution in [0, 0.1) is 0 Å². The zero-order chi connectivity index (χ0) is 23.5. The fourth-order valence-corrected chi connectivity index (χ4v) is 4.68. The van der Waals surface area contributed by atoms with Gasteiger partial charge in [0, 0.05) is 31.5 Å². The number of hydrogen-bond acceptors (Lipinski definition) is 3. The molecule has 4 nitrogen and oxygen atoms in total. The molecule has 3 aromatic carbocycles. The van der Waals surface area contributed by atoms with Crippen LogP contribution in [0.1, 0.15) is 43.7 Å². The lowest BCUT2D eigenvalue weighted by Crippen LogP contribution is -2.50. The molecule has 34 heavy (non-hydrogen) atoms. The van der Waals surface area contributed by atoms with Gasteiger partial charge in [-0.25, -0.2) is 0 Å². The van der Waals surface area contributed by atoms with Gasteiger partial charge in [-0.05, 0) is 52.9 Å². The predicted octanol–water partition coefficient (Wildman–Crippen LogP) is 6.32. The number of likely N-dealkylation sites (tertiary alicyclic amines) is 1. The van der Waals surface area contributed by atoms with Crippen molar-refractivity contribution in [2.24, 2.45) is 0 Å². The van der Waals surface area contributed by atoms with Gasteiger partial charge in [0.2, 0.25) is 0 Å². The van der Waals surface area contributed by atoms with Gasteiger partial charge in [0.25, 0.3) is 5.91 Å². The van der Waals surface area contributed by atoms with E-state index >= 15 is 0 Å². The van der Waals surface area contributed by atoms with Crippen molar-refractivity contribution in [1.82, 2.24) is 4.90 Å². The topological polar surface area (TPSA) is 38.8 Å². The first-order chi connectivity index (χ1) is 16.5. The number of piperidine rings is 1. The van der Waals surface area contributed by atoms with Crippen molar-refractivity contribution in [3.05, 3.63) is 90.0 Å². The number of fused-ring (bicyclic) bond motifs is 1. The normalized spacial score (nSPS) is 16.3. The monoisotopic (exact) mass is 453 g/mol. The molecule has 1 saturated heterocycles. The Labute approximate surface area is 201 Å². The summed E-state index contributed by atoms with van der Waals surface area (Å²) in [6.07, 6.45) is 5.91. The van der Waals surface area contributed by atoms with Crippen molar-refractivity contribution in [2.75, 3.05) is 19.7 Å². The summed E-state index contributed by atoms with van der Waals surface area (Å²) < 4.78 is 12.3. The molecule has 0 saturated carbocycles. The van der Waals surface area contributed by atoms with E-state index in [4.69, 9.17) is 9.47 Å². The van der Waals surface area contributed by atoms with Crippen molar-refractivity contribution >= 4 is 12.0 Å². The van der Waals surface area contributed by atoms with Crippen LogP contribution >= 0.6 is 0 Å². The Morgan fingerprint density at radius 1 is 0.971 bits per heavy atom. The molecule has 1 amide bonds. The minimum atomic E-state index is -0.343. The molecule has 0 atom stereocenters. The molecule has 1 fully saturated rings. The molecule has 0 N–H and O–H groups in total. The fraction of sp³-hybridized carbons (Fsp3) is 0.300. The van der Waals surface area contributed by atoms with Crippen molar-refractivity contribution in [3.8, 4) is 22.6 Å². The zero-order valence-electron chi connectivity index (χ0n) is 19.9. The number of carbonyl (C=O) groups excluding carboxylic acids is 1. The summed E-state index contributed by atoms with van der Waals surface area (Å²) in [6.45, 7) is 5.69. The summed E-state index contributed by atoms with van der Waals surface area (Å²) in [5.74, 6) is 2.11. The third kappa shape index (κ3) is 4.72. The first kappa shape index (κ1) is 22.3. The van der Waals surface area contributed by atoms with E-state index in [1.807, 2.05) is 29.2 Å². The first-order valence-corrected chi connectivity index (χ1v) is 12.1. The van der Waals surface area contributed by atoms with Gasteiger partial charge in [-0.1, -0.05) is 68.5 Å². The summed E-state index contributed by atoms with van der Waals surface area (Å²) >= 11 is 0. The number of ether oxygens (including phenoxy) is 2. The van der Waals surface area contributed by atoms with Gasteiger partial charge in [0.05, 0.1) is 0 Å². The number of nitrogens with zero attached hydrogens (tertiary/aromatic N) is 1. The van der Waals surface area contributed by atoms with E-state index in [0.717, 1.165) is 29.9 Å². The second kappa shape index (κ2) is 9.38. The molecule has 1 spiro atoms. The average molecular weight is 454 g/mol. The van der Waals surface area contributed by atoms with Crippen molar-refractivity contribution in [2.45, 2.75) is 38.2 Å². The van der Waals surface area contributed by atoms with Crippen LogP contribution in [0.2, 0.25) is 0 Å². The fourth-order valence-electron chi connectivity index (χ4n) is 4.68. The summed E-state index contributed by atoms with van der Waals surface area (Å²) in [5.41, 5.74) is 4.35. The maximum absolute atomic E-state index is 12.8. The van der Waals surface area contributed by atoms with Gasteiger partial charge >= 0.3 is 0 Å². The van der Waals surface area contributed by atoms with Gasteiger partial charge in [-0.3, -0.25) is 4.79 Å². The van der Waals surface area contributed by atoms with E-state index in [9.17, 15) is 4.79 Å². The Hall–Kier alpha value is -3.53. The molecule has 174 valence electrons. The van der Waals surface area contributed by atoms with E-state index in [-0.39, 0.29) is 18.1 Å². The Bertz CT molecular complexity index is 1190. The van der Waals surface area contributed by atoms with Gasteiger partial charge in [0.1, 0.15) is 17.1 Å². The van der Waals surface area contributed by atoms with E-state index in [1.165, 1.54) is 16.7 Å². The lowest BCUT2D eigenvalue weighted by molar-refractivity contribution is -0.136. The van der Waals surface area contributed by atoms with Crippen LogP contribution in [0.25, 0.3) is 17.2 Å². The molecule has 2 heterocycles. The van der Waals surface area contributed by atoms with E-state index in [0.29, 0.717) is 19.0 Å². The van der Waals surface area contributed by atoms with Crippen LogP contribution < -0.4 is 9.47 Å². The lowest BCUT2D eigenvalue weighted by Gasteiger charge is -2.42. The number of carbonyl (C=O) groups is 1. The lowest BCUT2D eigenvalue weighted by atomic mass is 9.87. The average Bonchev–Trinajstić information content (AvgIpc) is 2.88. The molecule has 4 heteroatoms. The third-order valence-electron chi connectivity index (χ3n) is 6.85. The molecule has 5 rings (SSSR count). The second-order valence-corrected chi connectivity index (χ2v) is 9.52. The molecule has 3 aromatic rings. The Morgan fingerprint density at radius 2 is 1.76 bits per heavy atom. The summed E-state index contributed by atoms with van der Waals surface area (Å²) in [5, 5.41) is 0. The number of amides is 1. The van der Waals surface area contributed by atoms with E-state index in [1.54, 1.807) is 0 Å². The summed E-state index contributed by atoms with van der Waals surface area (Å²) in [7, 11) is 0. The summed E-state index contributed by atoms with van der Waals surface area (Å²) in [6, 6.07) is 24.7. The van der Waals surface area contributed by atoms with E-state index < -0.39 is 0 Å². The molecule has 0 aromatic heterocycles. The third-order valence-corrected chi connectivity index (χ3v) is 6.85. The smallest absolute Gasteiger partial charge is 0.260 e. The predicted molar refractivity (Wildman–Crippen MR) is 136 cm³/mol. The maximum Gasteiger partial charge on any atom is 0.260 e. The molecule has 0 unspecified atom stereocenters. The second-order valence-electron chi connectivity index (χ2n) is 9.52. The quantitative estimate of drug-likeness (QED) is 0.454. The molecule has 0 radical (unpaired) electrons. The maximum atomic E-state index is 12.8. The van der Waals surface area contributed by atoms with E-state index in [2.05, 4.69) is 74.5 Å². The van der Waals surface area contributed by atoms with Crippen LogP contribution in [0.15, 0.2) is 78.9 Å². The minimum Gasteiger partial charge on any atom is -0.484 e. The molecule has 0 aliphatic carbocycles. The molecular formula is C30H31NO3. The van der Waals surface area contributed by atoms with Gasteiger partial charge in [-0.15, -0.1) is 0 Å². The van der Waals surface area contributed by atoms with Crippen LogP contribution in [0.3, 0.4) is 0 Å². The summed E-state index contributed by atoms with van der Waals surface area (Å²) in [4.78, 5) is 14.7. The SMILES string of the molecule is CC(C)c1cccc(OCC(=O)N2CCC3(C=Cc4cc(-c5ccccc5)ccc4O3)CC2)c1. The largest absolute Gasteiger partial charge is 0.484 e. The Kier molecular flexibility index (Phi) is 6.14. The van der Waals surface area contributed by atoms with Crippen LogP contribution in [0.5, 0.6) is 11.5 Å². The van der Waals surface area contributed by atoms with Crippen molar-refractivity contribution in [3.63, 3.8) is 0 Å². The molecule has 2 aliphatic rings. The first-order valence-electron chi connectivity index (χ1n) is 12.1. The van der Waals surface area contributed by atoms with Crippen molar-refractivity contribution in [1.29, 1.82) is 0 Å². The standard InChI is InChI=1S/C30H31NO3/c1-22(2)24-9-6-10-27(20-24)33-21-29(32)31-17-15-30(16-18-31)14-13-26-19-25(11-12-28(26)34-30)23-7-4-3-5-8-23/h3-14,19-20,22H,15-18,21H2,1-2H3. The van der Waals surface area contributed by atoms with Crippen LogP contribution in [0.4, 0.5) is 0 Å². The highest BCUT2D eigenvalue weighted by Crippen LogP contribution is 2.38. The van der Waals surface area contributed by atoms with Crippen LogP contribution in [-0.2, 0) is 4.79 Å². The highest BCUT2D eigenvalue weighted by molar-refractivity contribution is 5.78. The minimum absolute atomic E-state index is 0.0255. The van der Waals surface area contributed by atoms with Gasteiger partial charge in [0.15, 0.2) is 6.61 Å². The molecule has 0 bridgehead atoms. The van der Waals surface area contributed by atoms with Gasteiger partial charge in [-0.2, -0.15) is 0 Å². The highest BCUT2D eigenvalue weighted by atomic mass is 16.5. The molecule has 2 aliphatic heterocycles. The van der Waals surface area contributed by atoms with Crippen molar-refractivity contribution < 1.29 is 14.3 Å². The molecular weight excluding hydrogens is 422 g/mol. The number of rotatable bonds is 5. The Balaban J connectivity index is 1.18.